The molecule has 0 aliphatic rings. The van der Waals surface area contributed by atoms with Gasteiger partial charge in [0.1, 0.15) is 5.00 Å². The number of halogens is 2. The molecule has 1 heterocycles. The number of thiophene rings is 1. The van der Waals surface area contributed by atoms with Crippen LogP contribution >= 0.6 is 34.5 Å². The number of rotatable bonds is 5. The molecule has 4 nitrogen and oxygen atoms in total. The topological polar surface area (TPSA) is 55.4 Å². The van der Waals surface area contributed by atoms with E-state index in [4.69, 9.17) is 27.9 Å². The number of ether oxygens (including phenoxy) is 1. The van der Waals surface area contributed by atoms with E-state index in [1.165, 1.54) is 17.4 Å². The maximum Gasteiger partial charge on any atom is 0.341 e. The summed E-state index contributed by atoms with van der Waals surface area (Å²) < 4.78 is 5.33. The molecule has 25 heavy (non-hydrogen) atoms. The van der Waals surface area contributed by atoms with Crippen LogP contribution in [0, 0.1) is 6.92 Å². The Morgan fingerprint density at radius 2 is 1.96 bits per heavy atom. The van der Waals surface area contributed by atoms with Gasteiger partial charge in [0.05, 0.1) is 22.3 Å². The Bertz CT molecular complexity index is 815. The molecule has 0 atom stereocenters. The van der Waals surface area contributed by atoms with Gasteiger partial charge in [0.15, 0.2) is 0 Å². The van der Waals surface area contributed by atoms with Crippen LogP contribution in [0.4, 0.5) is 5.00 Å². The van der Waals surface area contributed by atoms with E-state index in [9.17, 15) is 9.59 Å². The number of hydrogen-bond acceptors (Lipinski definition) is 4. The van der Waals surface area contributed by atoms with Crippen molar-refractivity contribution in [1.82, 2.24) is 0 Å². The summed E-state index contributed by atoms with van der Waals surface area (Å²) in [6, 6.07) is 4.64. The van der Waals surface area contributed by atoms with Gasteiger partial charge in [-0.05, 0) is 51.0 Å². The van der Waals surface area contributed by atoms with Crippen molar-refractivity contribution in [2.24, 2.45) is 0 Å². The molecule has 0 spiro atoms. The summed E-state index contributed by atoms with van der Waals surface area (Å²) in [5, 5.41) is 3.95. The predicted octanol–water partition coefficient (Wildman–Crippen LogP) is 5.74. The molecular formula is C18H19Cl2NO3S. The Balaban J connectivity index is 2.38. The summed E-state index contributed by atoms with van der Waals surface area (Å²) in [6.07, 6.45) is 0.425. The summed E-state index contributed by atoms with van der Waals surface area (Å²) in [5.41, 5.74) is 1.59. The molecule has 0 saturated heterocycles. The molecule has 0 fully saturated rings. The van der Waals surface area contributed by atoms with Crippen molar-refractivity contribution >= 4 is 51.4 Å². The van der Waals surface area contributed by atoms with Gasteiger partial charge in [0.2, 0.25) is 0 Å². The molecular weight excluding hydrogens is 381 g/mol. The van der Waals surface area contributed by atoms with Crippen molar-refractivity contribution in [2.45, 2.75) is 40.2 Å². The molecule has 134 valence electrons. The Kier molecular flexibility index (Phi) is 6.49. The fourth-order valence-electron chi connectivity index (χ4n) is 2.43. The van der Waals surface area contributed by atoms with Crippen LogP contribution in [0.15, 0.2) is 18.2 Å². The minimum Gasteiger partial charge on any atom is -0.459 e. The number of aryl methyl sites for hydroxylation is 1. The molecule has 7 heteroatoms. The minimum absolute atomic E-state index is 0.244. The number of anilines is 1. The highest BCUT2D eigenvalue weighted by molar-refractivity contribution is 7.16. The van der Waals surface area contributed by atoms with Crippen LogP contribution in [0.2, 0.25) is 10.0 Å². The lowest BCUT2D eigenvalue weighted by Gasteiger charge is -2.11. The van der Waals surface area contributed by atoms with Gasteiger partial charge in [-0.15, -0.1) is 11.3 Å². The quantitative estimate of drug-likeness (QED) is 0.651. The van der Waals surface area contributed by atoms with E-state index in [1.807, 2.05) is 13.8 Å². The number of amides is 1. The van der Waals surface area contributed by atoms with Gasteiger partial charge in [0.25, 0.3) is 5.91 Å². The van der Waals surface area contributed by atoms with Crippen molar-refractivity contribution in [2.75, 3.05) is 5.32 Å². The highest BCUT2D eigenvalue weighted by Gasteiger charge is 2.25. The van der Waals surface area contributed by atoms with Crippen LogP contribution in [0.25, 0.3) is 0 Å². The smallest absolute Gasteiger partial charge is 0.341 e. The summed E-state index contributed by atoms with van der Waals surface area (Å²) in [5.74, 6) is -0.835. The molecule has 0 aliphatic heterocycles. The van der Waals surface area contributed by atoms with E-state index in [0.717, 1.165) is 10.4 Å². The van der Waals surface area contributed by atoms with Crippen LogP contribution in [0.5, 0.6) is 0 Å². The largest absolute Gasteiger partial charge is 0.459 e. The number of hydrogen-bond donors (Lipinski definition) is 1. The first-order chi connectivity index (χ1) is 11.7. The third-order valence-corrected chi connectivity index (χ3v) is 5.12. The highest BCUT2D eigenvalue weighted by Crippen LogP contribution is 2.35. The zero-order chi connectivity index (χ0) is 18.7. The van der Waals surface area contributed by atoms with E-state index in [0.29, 0.717) is 27.6 Å². The lowest BCUT2D eigenvalue weighted by Crippen LogP contribution is -2.17. The van der Waals surface area contributed by atoms with Crippen LogP contribution in [0.3, 0.4) is 0 Å². The second-order valence-corrected chi connectivity index (χ2v) is 7.80. The zero-order valence-electron chi connectivity index (χ0n) is 14.4. The summed E-state index contributed by atoms with van der Waals surface area (Å²) >= 11 is 13.3. The molecule has 2 aromatic rings. The van der Waals surface area contributed by atoms with Crippen molar-refractivity contribution in [3.8, 4) is 0 Å². The Hall–Kier alpha value is -1.56. The molecule has 0 unspecified atom stereocenters. The Labute approximate surface area is 161 Å². The Morgan fingerprint density at radius 1 is 1.28 bits per heavy atom. The molecule has 1 aromatic carbocycles. The van der Waals surface area contributed by atoms with Crippen molar-refractivity contribution in [3.63, 3.8) is 0 Å². The average molecular weight is 400 g/mol. The summed E-state index contributed by atoms with van der Waals surface area (Å²) in [7, 11) is 0. The number of carbonyl (C=O) groups is 2. The van der Waals surface area contributed by atoms with Crippen LogP contribution in [0.1, 0.15) is 51.9 Å². The Morgan fingerprint density at radius 3 is 2.52 bits per heavy atom. The average Bonchev–Trinajstić information content (AvgIpc) is 2.81. The van der Waals surface area contributed by atoms with Crippen molar-refractivity contribution < 1.29 is 14.3 Å². The van der Waals surface area contributed by atoms with E-state index in [2.05, 4.69) is 5.32 Å². The second-order valence-electron chi connectivity index (χ2n) is 5.73. The maximum atomic E-state index is 12.6. The van der Waals surface area contributed by atoms with Gasteiger partial charge in [-0.2, -0.15) is 0 Å². The van der Waals surface area contributed by atoms with Crippen LogP contribution in [-0.4, -0.2) is 18.0 Å². The highest BCUT2D eigenvalue weighted by atomic mass is 35.5. The van der Waals surface area contributed by atoms with Gasteiger partial charge in [-0.1, -0.05) is 30.1 Å². The molecule has 0 aliphatic carbocycles. The maximum absolute atomic E-state index is 12.6. The third-order valence-electron chi connectivity index (χ3n) is 3.51. The van der Waals surface area contributed by atoms with Gasteiger partial charge < -0.3 is 10.1 Å². The number of nitrogens with one attached hydrogen (secondary N) is 1. The predicted molar refractivity (Wildman–Crippen MR) is 103 cm³/mol. The minimum atomic E-state index is -0.436. The zero-order valence-corrected chi connectivity index (χ0v) is 16.7. The summed E-state index contributed by atoms with van der Waals surface area (Å²) in [6.45, 7) is 7.45. The fourth-order valence-corrected chi connectivity index (χ4v) is 4.05. The fraction of sp³-hybridized carbons (Fsp3) is 0.333. The SMILES string of the molecule is CCc1c(C)sc(NC(=O)c2ccc(Cl)cc2Cl)c1C(=O)OC(C)C. The van der Waals surface area contributed by atoms with E-state index >= 15 is 0 Å². The summed E-state index contributed by atoms with van der Waals surface area (Å²) in [4.78, 5) is 26.0. The first-order valence-electron chi connectivity index (χ1n) is 7.84. The molecule has 1 aromatic heterocycles. The monoisotopic (exact) mass is 399 g/mol. The second kappa shape index (κ2) is 8.21. The lowest BCUT2D eigenvalue weighted by atomic mass is 10.1. The third kappa shape index (κ3) is 4.54. The molecule has 1 N–H and O–H groups in total. The van der Waals surface area contributed by atoms with Crippen molar-refractivity contribution in [3.05, 3.63) is 49.8 Å². The number of carbonyl (C=O) groups excluding carboxylic acids is 2. The van der Waals surface area contributed by atoms with Crippen molar-refractivity contribution in [1.29, 1.82) is 0 Å². The van der Waals surface area contributed by atoms with Gasteiger partial charge in [-0.25, -0.2) is 4.79 Å². The molecule has 0 saturated carbocycles. The first kappa shape index (κ1) is 19.8. The molecule has 2 rings (SSSR count). The van der Waals surface area contributed by atoms with Gasteiger partial charge in [-0.3, -0.25) is 4.79 Å². The number of benzene rings is 1. The first-order valence-corrected chi connectivity index (χ1v) is 9.41. The van der Waals surface area contributed by atoms with E-state index in [-0.39, 0.29) is 11.1 Å². The lowest BCUT2D eigenvalue weighted by molar-refractivity contribution is 0.0378. The molecule has 1 amide bonds. The van der Waals surface area contributed by atoms with Gasteiger partial charge >= 0.3 is 5.97 Å². The van der Waals surface area contributed by atoms with E-state index in [1.54, 1.807) is 26.0 Å². The molecule has 0 radical (unpaired) electrons. The van der Waals surface area contributed by atoms with Crippen LogP contribution in [-0.2, 0) is 11.2 Å². The van der Waals surface area contributed by atoms with Crippen LogP contribution < -0.4 is 5.32 Å². The normalized spacial score (nSPS) is 10.8. The van der Waals surface area contributed by atoms with Gasteiger partial charge in [0, 0.05) is 9.90 Å². The van der Waals surface area contributed by atoms with E-state index < -0.39 is 11.9 Å². The molecule has 0 bridgehead atoms. The number of esters is 1. The standard InChI is InChI=1S/C18H19Cl2NO3S/c1-5-12-10(4)25-17(15(12)18(23)24-9(2)3)21-16(22)13-7-6-11(19)8-14(13)20/h6-9H,5H2,1-4H3,(H,21,22).